The number of methoxy groups -OCH3 is 1. The van der Waals surface area contributed by atoms with Crippen molar-refractivity contribution in [3.05, 3.63) is 0 Å². The van der Waals surface area contributed by atoms with Gasteiger partial charge in [-0.1, -0.05) is 16.9 Å². The first-order chi connectivity index (χ1) is 7.47. The zero-order valence-corrected chi connectivity index (χ0v) is 9.98. The number of nitrogens with zero attached hydrogens (tertiary/aromatic N) is 2. The van der Waals surface area contributed by atoms with Gasteiger partial charge in [-0.2, -0.15) is 0 Å². The van der Waals surface area contributed by atoms with E-state index in [-0.39, 0.29) is 5.91 Å². The summed E-state index contributed by atoms with van der Waals surface area (Å²) in [5, 5.41) is 3.50. The van der Waals surface area contributed by atoms with Crippen LogP contribution < -0.4 is 0 Å². The van der Waals surface area contributed by atoms with Gasteiger partial charge in [-0.15, -0.1) is 0 Å². The Balaban J connectivity index is 2.35. The lowest BCUT2D eigenvalue weighted by molar-refractivity contribution is -0.157. The van der Waals surface area contributed by atoms with Crippen molar-refractivity contribution in [3.8, 4) is 0 Å². The first-order valence-electron chi connectivity index (χ1n) is 4.74. The zero-order chi connectivity index (χ0) is 11.9. The normalized spacial score (nSPS) is 30.9. The van der Waals surface area contributed by atoms with E-state index >= 15 is 0 Å². The van der Waals surface area contributed by atoms with Crippen LogP contribution in [0.2, 0.25) is 0 Å². The fourth-order valence-corrected chi connectivity index (χ4v) is 3.13. The average molecular weight is 244 g/mol. The van der Waals surface area contributed by atoms with E-state index < -0.39 is 22.3 Å². The largest absolute Gasteiger partial charge is 0.467 e. The van der Waals surface area contributed by atoms with Gasteiger partial charge in [0.05, 0.1) is 7.11 Å². The van der Waals surface area contributed by atoms with E-state index in [0.29, 0.717) is 0 Å². The van der Waals surface area contributed by atoms with Crippen molar-refractivity contribution < 1.29 is 19.2 Å². The molecular formula is C9H12N2O4S. The molecule has 0 aromatic heterocycles. The predicted molar refractivity (Wildman–Crippen MR) is 57.7 cm³/mol. The standard InChI is InChI=1S/C9H12N2O4S/c1-9(2)6(7(13)14-3)11-5(12)4-10-15-8(11)16-9/h4,6,8H,1-3H3/t6-,8+/m0/s1. The summed E-state index contributed by atoms with van der Waals surface area (Å²) in [5.74, 6) is -0.767. The minimum atomic E-state index is -0.647. The third-order valence-corrected chi connectivity index (χ3v) is 3.91. The van der Waals surface area contributed by atoms with Gasteiger partial charge in [-0.25, -0.2) is 4.79 Å². The summed E-state index contributed by atoms with van der Waals surface area (Å²) in [4.78, 5) is 29.8. The van der Waals surface area contributed by atoms with Crippen LogP contribution in [0.15, 0.2) is 5.16 Å². The molecule has 16 heavy (non-hydrogen) atoms. The maximum Gasteiger partial charge on any atom is 0.330 e. The molecule has 0 N–H and O–H groups in total. The SMILES string of the molecule is COC(=O)[C@@H]1N2C(=O)C=NO[C@@H]2SC1(C)C. The summed E-state index contributed by atoms with van der Waals surface area (Å²) in [6.07, 6.45) is 1.06. The number of ether oxygens (including phenoxy) is 1. The molecule has 2 atom stereocenters. The molecule has 7 heteroatoms. The lowest BCUT2D eigenvalue weighted by Crippen LogP contribution is -2.52. The first-order valence-corrected chi connectivity index (χ1v) is 5.62. The molecule has 0 aliphatic carbocycles. The molecule has 1 fully saturated rings. The zero-order valence-electron chi connectivity index (χ0n) is 9.17. The van der Waals surface area contributed by atoms with Gasteiger partial charge in [0.25, 0.3) is 11.5 Å². The van der Waals surface area contributed by atoms with Crippen molar-refractivity contribution in [2.24, 2.45) is 5.16 Å². The van der Waals surface area contributed by atoms with E-state index in [0.717, 1.165) is 6.21 Å². The van der Waals surface area contributed by atoms with Crippen molar-refractivity contribution in [1.82, 2.24) is 4.90 Å². The van der Waals surface area contributed by atoms with Crippen LogP contribution in [0.25, 0.3) is 0 Å². The number of carbonyl (C=O) groups excluding carboxylic acids is 2. The molecule has 0 spiro atoms. The molecule has 0 aromatic rings. The molecule has 2 rings (SSSR count). The van der Waals surface area contributed by atoms with E-state index in [1.165, 1.54) is 23.8 Å². The van der Waals surface area contributed by atoms with E-state index in [2.05, 4.69) is 5.16 Å². The van der Waals surface area contributed by atoms with Gasteiger partial charge in [0, 0.05) is 4.75 Å². The van der Waals surface area contributed by atoms with Gasteiger partial charge >= 0.3 is 5.97 Å². The molecule has 0 aromatic carbocycles. The second-order valence-corrected chi connectivity index (χ2v) is 5.73. The van der Waals surface area contributed by atoms with Crippen LogP contribution >= 0.6 is 11.8 Å². The third-order valence-electron chi connectivity index (χ3n) is 2.56. The molecule has 1 amide bonds. The molecule has 2 aliphatic rings. The van der Waals surface area contributed by atoms with Crippen LogP contribution in [0.1, 0.15) is 13.8 Å². The van der Waals surface area contributed by atoms with Gasteiger partial charge in [0.1, 0.15) is 12.3 Å². The summed E-state index contributed by atoms with van der Waals surface area (Å²) in [7, 11) is 1.31. The summed E-state index contributed by atoms with van der Waals surface area (Å²) in [6, 6.07) is -0.647. The molecule has 0 bridgehead atoms. The van der Waals surface area contributed by atoms with Gasteiger partial charge < -0.3 is 9.57 Å². The van der Waals surface area contributed by atoms with E-state index in [4.69, 9.17) is 9.57 Å². The van der Waals surface area contributed by atoms with Gasteiger partial charge in [-0.05, 0) is 13.8 Å². The summed E-state index contributed by atoms with van der Waals surface area (Å²) in [6.45, 7) is 3.74. The number of hydrogen-bond acceptors (Lipinski definition) is 6. The Labute approximate surface area is 96.9 Å². The maximum absolute atomic E-state index is 11.7. The highest BCUT2D eigenvalue weighted by molar-refractivity contribution is 8.01. The predicted octanol–water partition coefficient (Wildman–Crippen LogP) is 0.182. The third kappa shape index (κ3) is 1.55. The number of hydrogen-bond donors (Lipinski definition) is 0. The van der Waals surface area contributed by atoms with E-state index in [1.54, 1.807) is 0 Å². The van der Waals surface area contributed by atoms with E-state index in [1.807, 2.05) is 13.8 Å². The number of carbonyl (C=O) groups is 2. The van der Waals surface area contributed by atoms with Crippen molar-refractivity contribution in [2.45, 2.75) is 30.2 Å². The van der Waals surface area contributed by atoms with Crippen LogP contribution in [-0.4, -0.2) is 46.4 Å². The Hall–Kier alpha value is -1.24. The summed E-state index contributed by atoms with van der Waals surface area (Å²) < 4.78 is 4.26. The van der Waals surface area contributed by atoms with Crippen LogP contribution in [0.3, 0.4) is 0 Å². The molecule has 2 heterocycles. The fraction of sp³-hybridized carbons (Fsp3) is 0.667. The van der Waals surface area contributed by atoms with Crippen LogP contribution in [0, 0.1) is 0 Å². The highest BCUT2D eigenvalue weighted by atomic mass is 32.2. The number of esters is 1. The van der Waals surface area contributed by atoms with Crippen LogP contribution in [-0.2, 0) is 19.2 Å². The highest BCUT2D eigenvalue weighted by Crippen LogP contribution is 2.45. The lowest BCUT2D eigenvalue weighted by atomic mass is 10.0. The Kier molecular flexibility index (Phi) is 2.57. The smallest absolute Gasteiger partial charge is 0.330 e. The summed E-state index contributed by atoms with van der Waals surface area (Å²) >= 11 is 1.38. The summed E-state index contributed by atoms with van der Waals surface area (Å²) in [5.41, 5.74) is -0.545. The number of thioether (sulfide) groups is 1. The average Bonchev–Trinajstić information content (AvgIpc) is 2.49. The second-order valence-electron chi connectivity index (χ2n) is 4.04. The molecular weight excluding hydrogens is 232 g/mol. The molecule has 0 unspecified atom stereocenters. The Morgan fingerprint density at radius 1 is 1.69 bits per heavy atom. The lowest BCUT2D eigenvalue weighted by Gasteiger charge is -2.29. The Morgan fingerprint density at radius 3 is 3.00 bits per heavy atom. The van der Waals surface area contributed by atoms with Crippen LogP contribution in [0.5, 0.6) is 0 Å². The molecule has 1 saturated heterocycles. The Morgan fingerprint density at radius 2 is 2.38 bits per heavy atom. The van der Waals surface area contributed by atoms with Gasteiger partial charge in [0.2, 0.25) is 0 Å². The van der Waals surface area contributed by atoms with Crippen molar-refractivity contribution in [3.63, 3.8) is 0 Å². The number of oxime groups is 1. The number of amides is 1. The number of fused-ring (bicyclic) bond motifs is 1. The minimum Gasteiger partial charge on any atom is -0.467 e. The molecule has 6 nitrogen and oxygen atoms in total. The topological polar surface area (TPSA) is 68.2 Å². The quantitative estimate of drug-likeness (QED) is 0.615. The Bertz CT molecular complexity index is 369. The van der Waals surface area contributed by atoms with Gasteiger partial charge in [0.15, 0.2) is 0 Å². The van der Waals surface area contributed by atoms with Crippen LogP contribution in [0.4, 0.5) is 0 Å². The second kappa shape index (κ2) is 3.65. The van der Waals surface area contributed by atoms with E-state index in [9.17, 15) is 9.59 Å². The minimum absolute atomic E-state index is 0.329. The van der Waals surface area contributed by atoms with Crippen molar-refractivity contribution in [1.29, 1.82) is 0 Å². The number of rotatable bonds is 1. The van der Waals surface area contributed by atoms with Crippen molar-refractivity contribution >= 4 is 29.9 Å². The monoisotopic (exact) mass is 244 g/mol. The molecule has 88 valence electrons. The van der Waals surface area contributed by atoms with Crippen molar-refractivity contribution in [2.75, 3.05) is 7.11 Å². The maximum atomic E-state index is 11.7. The fourth-order valence-electron chi connectivity index (χ4n) is 1.84. The highest BCUT2D eigenvalue weighted by Gasteiger charge is 2.56. The molecule has 2 aliphatic heterocycles. The molecule has 0 radical (unpaired) electrons. The first kappa shape index (κ1) is 11.3. The molecule has 0 saturated carbocycles. The van der Waals surface area contributed by atoms with Gasteiger partial charge in [-0.3, -0.25) is 9.69 Å².